The second-order valence-electron chi connectivity index (χ2n) is 4.50. The average Bonchev–Trinajstić information content (AvgIpc) is 2.54. The second-order valence-corrected chi connectivity index (χ2v) is 5.57. The van der Waals surface area contributed by atoms with Crippen LogP contribution in [0.1, 0.15) is 18.5 Å². The molecule has 0 radical (unpaired) electrons. The van der Waals surface area contributed by atoms with E-state index in [0.717, 1.165) is 17.9 Å². The van der Waals surface area contributed by atoms with E-state index in [1.54, 1.807) is 12.1 Å². The molecule has 4 heteroatoms. The third-order valence-corrected chi connectivity index (χ3v) is 4.35. The summed E-state index contributed by atoms with van der Waals surface area (Å²) < 4.78 is 18.6. The van der Waals surface area contributed by atoms with Crippen LogP contribution in [0.5, 0.6) is 5.75 Å². The first-order chi connectivity index (χ1) is 8.20. The van der Waals surface area contributed by atoms with Crippen LogP contribution in [0.25, 0.3) is 0 Å². The first-order valence-electron chi connectivity index (χ1n) is 5.85. The zero-order valence-corrected chi connectivity index (χ0v) is 11.0. The number of nitrogens with one attached hydrogen (secondary N) is 1. The van der Waals surface area contributed by atoms with Gasteiger partial charge in [0.25, 0.3) is 0 Å². The minimum absolute atomic E-state index is 0.241. The van der Waals surface area contributed by atoms with Crippen LogP contribution >= 0.6 is 11.8 Å². The van der Waals surface area contributed by atoms with E-state index in [0.29, 0.717) is 11.7 Å². The average molecular weight is 255 g/mol. The van der Waals surface area contributed by atoms with Gasteiger partial charge in [-0.15, -0.1) is 0 Å². The molecule has 2 rings (SSSR count). The van der Waals surface area contributed by atoms with Gasteiger partial charge >= 0.3 is 0 Å². The zero-order valence-electron chi connectivity index (χ0n) is 10.2. The van der Waals surface area contributed by atoms with Gasteiger partial charge in [0, 0.05) is 11.8 Å². The molecule has 2 unspecified atom stereocenters. The maximum absolute atomic E-state index is 13.6. The van der Waals surface area contributed by atoms with Crippen molar-refractivity contribution in [3.8, 4) is 5.75 Å². The minimum atomic E-state index is -0.283. The lowest BCUT2D eigenvalue weighted by Crippen LogP contribution is -2.25. The number of hydrogen-bond acceptors (Lipinski definition) is 3. The molecule has 1 aliphatic heterocycles. The molecule has 1 aromatic rings. The van der Waals surface area contributed by atoms with Crippen molar-refractivity contribution < 1.29 is 9.13 Å². The molecule has 0 saturated carbocycles. The molecular formula is C13H18FNOS. The van der Waals surface area contributed by atoms with E-state index in [1.807, 2.05) is 17.8 Å². The van der Waals surface area contributed by atoms with Crippen LogP contribution in [0, 0.1) is 11.7 Å². The summed E-state index contributed by atoms with van der Waals surface area (Å²) >= 11 is 1.93. The Labute approximate surface area is 106 Å². The topological polar surface area (TPSA) is 21.3 Å². The maximum Gasteiger partial charge on any atom is 0.165 e. The highest BCUT2D eigenvalue weighted by Gasteiger charge is 2.18. The number of benzene rings is 1. The number of halogens is 1. The highest BCUT2D eigenvalue weighted by atomic mass is 32.2. The molecule has 1 aromatic carbocycles. The van der Waals surface area contributed by atoms with Crippen LogP contribution in [-0.2, 0) is 0 Å². The van der Waals surface area contributed by atoms with Crippen LogP contribution in [0.2, 0.25) is 0 Å². The van der Waals surface area contributed by atoms with Crippen molar-refractivity contribution in [3.05, 3.63) is 29.6 Å². The van der Waals surface area contributed by atoms with E-state index in [2.05, 4.69) is 12.2 Å². The van der Waals surface area contributed by atoms with Gasteiger partial charge in [0.05, 0.1) is 7.11 Å². The lowest BCUT2D eigenvalue weighted by atomic mass is 10.1. The molecular weight excluding hydrogens is 237 g/mol. The summed E-state index contributed by atoms with van der Waals surface area (Å²) in [6, 6.07) is 5.46. The third kappa shape index (κ3) is 3.13. The molecule has 1 N–H and O–H groups in total. The number of methoxy groups -OCH3 is 1. The van der Waals surface area contributed by atoms with E-state index in [-0.39, 0.29) is 11.9 Å². The van der Waals surface area contributed by atoms with Crippen LogP contribution in [0.3, 0.4) is 0 Å². The van der Waals surface area contributed by atoms with Gasteiger partial charge in [-0.2, -0.15) is 11.8 Å². The van der Waals surface area contributed by atoms with Gasteiger partial charge in [-0.3, -0.25) is 0 Å². The number of hydrogen-bond donors (Lipinski definition) is 1. The van der Waals surface area contributed by atoms with E-state index in [4.69, 9.17) is 4.74 Å². The quantitative estimate of drug-likeness (QED) is 0.878. The highest BCUT2D eigenvalue weighted by Crippen LogP contribution is 2.26. The second kappa shape index (κ2) is 5.74. The Balaban J connectivity index is 2.13. The SMILES string of the molecule is COc1ccc(C2CSCC(C)CN2)cc1F. The van der Waals surface area contributed by atoms with E-state index in [9.17, 15) is 4.39 Å². The third-order valence-electron chi connectivity index (χ3n) is 2.98. The Morgan fingerprint density at radius 2 is 2.24 bits per heavy atom. The first-order valence-corrected chi connectivity index (χ1v) is 7.00. The number of ether oxygens (including phenoxy) is 1. The van der Waals surface area contributed by atoms with Crippen molar-refractivity contribution in [2.24, 2.45) is 5.92 Å². The standard InChI is InChI=1S/C13H18FNOS/c1-9-6-15-12(8-17-7-9)10-3-4-13(16-2)11(14)5-10/h3-5,9,12,15H,6-8H2,1-2H3. The molecule has 1 heterocycles. The summed E-state index contributed by atoms with van der Waals surface area (Å²) in [4.78, 5) is 0. The summed E-state index contributed by atoms with van der Waals surface area (Å²) in [5.41, 5.74) is 1.00. The number of thioether (sulfide) groups is 1. The lowest BCUT2D eigenvalue weighted by molar-refractivity contribution is 0.385. The molecule has 2 nitrogen and oxygen atoms in total. The van der Waals surface area contributed by atoms with Crippen LogP contribution < -0.4 is 10.1 Å². The van der Waals surface area contributed by atoms with Crippen molar-refractivity contribution in [3.63, 3.8) is 0 Å². The Kier molecular flexibility index (Phi) is 4.29. The molecule has 2 atom stereocenters. The molecule has 17 heavy (non-hydrogen) atoms. The molecule has 1 fully saturated rings. The Bertz CT molecular complexity index is 386. The smallest absolute Gasteiger partial charge is 0.165 e. The van der Waals surface area contributed by atoms with Crippen molar-refractivity contribution >= 4 is 11.8 Å². The summed E-state index contributed by atoms with van der Waals surface area (Å²) in [6.07, 6.45) is 0. The maximum atomic E-state index is 13.6. The van der Waals surface area contributed by atoms with Gasteiger partial charge in [0.2, 0.25) is 0 Å². The molecule has 1 aliphatic rings. The first kappa shape index (κ1) is 12.7. The molecule has 0 bridgehead atoms. The van der Waals surface area contributed by atoms with Crippen molar-refractivity contribution in [2.75, 3.05) is 25.2 Å². The van der Waals surface area contributed by atoms with Gasteiger partial charge in [-0.05, 0) is 35.9 Å². The summed E-state index contributed by atoms with van der Waals surface area (Å²) in [5, 5.41) is 3.48. The Hall–Kier alpha value is -0.740. The molecule has 94 valence electrons. The van der Waals surface area contributed by atoms with E-state index < -0.39 is 0 Å². The minimum Gasteiger partial charge on any atom is -0.494 e. The summed E-state index contributed by atoms with van der Waals surface area (Å²) in [5.74, 6) is 2.86. The predicted octanol–water partition coefficient (Wildman–Crippen LogP) is 2.85. The molecule has 0 amide bonds. The lowest BCUT2D eigenvalue weighted by Gasteiger charge is -2.17. The van der Waals surface area contributed by atoms with Gasteiger partial charge in [0.15, 0.2) is 11.6 Å². The molecule has 1 saturated heterocycles. The monoisotopic (exact) mass is 255 g/mol. The van der Waals surface area contributed by atoms with Gasteiger partial charge in [0.1, 0.15) is 0 Å². The zero-order chi connectivity index (χ0) is 12.3. The summed E-state index contributed by atoms with van der Waals surface area (Å²) in [6.45, 7) is 3.22. The molecule has 0 aromatic heterocycles. The van der Waals surface area contributed by atoms with Crippen LogP contribution in [-0.4, -0.2) is 25.2 Å². The predicted molar refractivity (Wildman–Crippen MR) is 70.2 cm³/mol. The Morgan fingerprint density at radius 1 is 1.41 bits per heavy atom. The Morgan fingerprint density at radius 3 is 2.94 bits per heavy atom. The van der Waals surface area contributed by atoms with E-state index >= 15 is 0 Å². The van der Waals surface area contributed by atoms with Gasteiger partial charge in [-0.1, -0.05) is 13.0 Å². The largest absolute Gasteiger partial charge is 0.494 e. The fourth-order valence-corrected chi connectivity index (χ4v) is 3.16. The van der Waals surface area contributed by atoms with Crippen LogP contribution in [0.15, 0.2) is 18.2 Å². The van der Waals surface area contributed by atoms with E-state index in [1.165, 1.54) is 12.9 Å². The summed E-state index contributed by atoms with van der Waals surface area (Å²) in [7, 11) is 1.49. The van der Waals surface area contributed by atoms with Gasteiger partial charge in [-0.25, -0.2) is 4.39 Å². The van der Waals surface area contributed by atoms with Crippen molar-refractivity contribution in [2.45, 2.75) is 13.0 Å². The number of rotatable bonds is 2. The fraction of sp³-hybridized carbons (Fsp3) is 0.538. The van der Waals surface area contributed by atoms with Crippen molar-refractivity contribution in [1.82, 2.24) is 5.32 Å². The highest BCUT2D eigenvalue weighted by molar-refractivity contribution is 7.99. The molecule has 0 spiro atoms. The van der Waals surface area contributed by atoms with Crippen LogP contribution in [0.4, 0.5) is 4.39 Å². The fourth-order valence-electron chi connectivity index (χ4n) is 1.96. The van der Waals surface area contributed by atoms with Gasteiger partial charge < -0.3 is 10.1 Å². The molecule has 0 aliphatic carbocycles. The van der Waals surface area contributed by atoms with Crippen molar-refractivity contribution in [1.29, 1.82) is 0 Å². The normalized spacial score (nSPS) is 25.4.